The van der Waals surface area contributed by atoms with Gasteiger partial charge in [0.15, 0.2) is 5.96 Å². The number of pyridine rings is 2. The summed E-state index contributed by atoms with van der Waals surface area (Å²) in [5, 5.41) is 45.8. The van der Waals surface area contributed by atoms with Gasteiger partial charge >= 0.3 is 5.97 Å². The minimum Gasteiger partial charge on any atom is -0.508 e. The van der Waals surface area contributed by atoms with E-state index >= 15 is 9.59 Å². The van der Waals surface area contributed by atoms with Crippen molar-refractivity contribution in [2.24, 2.45) is 34.0 Å². The number of carboxylic acids is 1. The zero-order valence-corrected chi connectivity index (χ0v) is 56.7. The van der Waals surface area contributed by atoms with E-state index in [0.29, 0.717) is 23.1 Å². The lowest BCUT2D eigenvalue weighted by atomic mass is 9.99. The zero-order chi connectivity index (χ0) is 73.0. The van der Waals surface area contributed by atoms with Crippen molar-refractivity contribution in [1.82, 2.24) is 68.0 Å². The molecule has 4 aromatic rings. The van der Waals surface area contributed by atoms with E-state index in [1.807, 2.05) is 0 Å². The molecule has 0 bridgehead atoms. The van der Waals surface area contributed by atoms with E-state index < -0.39 is 180 Å². The zero-order valence-electron chi connectivity index (χ0n) is 55.1. The number of amides is 12. The number of phenols is 1. The number of alkyl halides is 1. The van der Waals surface area contributed by atoms with Crippen molar-refractivity contribution < 1.29 is 76.9 Å². The molecule has 35 heteroatoms. The van der Waals surface area contributed by atoms with Gasteiger partial charge in [-0.25, -0.2) is 0 Å². The van der Waals surface area contributed by atoms with Crippen LogP contribution in [0.2, 0.25) is 0 Å². The molecule has 0 radical (unpaired) electrons. The maximum absolute atomic E-state index is 15.1. The second-order valence-corrected chi connectivity index (χ2v) is 26.6. The lowest BCUT2D eigenvalue weighted by Crippen LogP contribution is -2.61. The number of primary amides is 1. The number of fused-ring (bicyclic) bond motifs is 1. The lowest BCUT2D eigenvalue weighted by molar-refractivity contribution is -0.142. The monoisotopic (exact) mass is 1430 g/mol. The second-order valence-electron chi connectivity index (χ2n) is 24.1. The molecule has 32 nitrogen and oxygen atoms in total. The number of aromatic nitrogens is 2. The SMILES string of the molecule is CC(C)[C@@H]1NC(=O)[C@H](CC(=O)O)NC(=O)[C@H](CCCN=C(N)N)NC(=O)[C@@H](NC(=O)[C@H](Cc2ccc(O)cc2)NC(=O)[C@H](NC(=O)c2ccccc2)C(C)CF)CSSC[C@@H](C(=O)N[C@@H](Cc2cccnc2)C(N)=O)NC(=O)[C@H](Cc2cccnc2)NC(=O)[C@@H]2CCCN2C(=O)CNC1=O. The maximum Gasteiger partial charge on any atom is 0.305 e. The number of phenolic OH excluding ortho intramolecular Hbond substituents is 1. The molecular formula is C65H84FN17O15S2. The van der Waals surface area contributed by atoms with Crippen molar-refractivity contribution >= 4 is 104 Å². The molecule has 1 unspecified atom stereocenters. The molecule has 4 heterocycles. The topological polar surface area (TPSA) is 502 Å². The number of halogens is 1. The Hall–Kier alpha value is -10.5. The number of hydrogen-bond donors (Lipinski definition) is 15. The summed E-state index contributed by atoms with van der Waals surface area (Å²) >= 11 is 0. The van der Waals surface area contributed by atoms with Crippen LogP contribution in [0.25, 0.3) is 0 Å². The van der Waals surface area contributed by atoms with Gasteiger partial charge in [-0.2, -0.15) is 0 Å². The standard InChI is InChI=1S/C65H84FN17O15S2/c1-35(2)52-63(97)73-32-50(85)83-24-10-16-49(83)62(96)77-45(27-39-12-8-22-71-31-39)58(92)80-48(61(95)75-43(54(67)88)26-38-11-7-21-70-30-38)34-100-99-33-47(60(94)74-42(15-9-23-72-65(68)69)56(90)76-46(28-51(86)87)59(93)81-52)79-57(91)44(25-37-17-19-41(84)20-18-37)78-64(98)53(36(3)29-66)82-55(89)40-13-5-4-6-14-40/h4-8,11-14,17-22,30-31,35-36,42-49,52-53,84H,9-10,15-16,23-29,32-34H2,1-3H3,(H2,67,88)(H,73,97)(H,74,94)(H,75,95)(H,76,90)(H,77,96)(H,78,98)(H,79,91)(H,80,92)(H,81,93)(H,82,89)(H,86,87)(H4,68,69,72)/t36?,42-,43-,44-,45-,46-,47-,48-,49-,52-,53+/m0/s1. The minimum absolute atomic E-state index is 0.0411. The summed E-state index contributed by atoms with van der Waals surface area (Å²) in [7, 11) is 1.65. The number of aliphatic imine (C=N–C) groups is 1. The van der Waals surface area contributed by atoms with Crippen molar-refractivity contribution in [1.29, 1.82) is 0 Å². The van der Waals surface area contributed by atoms with Crippen molar-refractivity contribution in [3.63, 3.8) is 0 Å². The van der Waals surface area contributed by atoms with E-state index in [1.165, 1.54) is 86.9 Å². The van der Waals surface area contributed by atoms with Gasteiger partial charge in [0.2, 0.25) is 65.0 Å². The molecule has 11 atom stereocenters. The third kappa shape index (κ3) is 24.8. The van der Waals surface area contributed by atoms with Gasteiger partial charge < -0.3 is 85.5 Å². The number of guanidine groups is 1. The van der Waals surface area contributed by atoms with Crippen molar-refractivity contribution in [3.8, 4) is 5.75 Å². The summed E-state index contributed by atoms with van der Waals surface area (Å²) in [4.78, 5) is 198. The Bertz CT molecular complexity index is 3550. The predicted octanol–water partition coefficient (Wildman–Crippen LogP) is -2.34. The third-order valence-corrected chi connectivity index (χ3v) is 18.4. The molecule has 2 aromatic heterocycles. The average Bonchev–Trinajstić information content (AvgIpc) is 1.61. The molecule has 12 amide bonds. The third-order valence-electron chi connectivity index (χ3n) is 16.0. The molecule has 100 heavy (non-hydrogen) atoms. The molecule has 0 aliphatic carbocycles. The number of benzene rings is 2. The first-order valence-electron chi connectivity index (χ1n) is 32.0. The Morgan fingerprint density at radius 1 is 0.690 bits per heavy atom. The summed E-state index contributed by atoms with van der Waals surface area (Å²) < 4.78 is 14.6. The molecule has 0 saturated carbocycles. The van der Waals surface area contributed by atoms with Gasteiger partial charge in [0.05, 0.1) is 19.6 Å². The van der Waals surface area contributed by atoms with Crippen LogP contribution in [0, 0.1) is 11.8 Å². The fraction of sp³-hybridized carbons (Fsp3) is 0.446. The number of hydrogen-bond acceptors (Lipinski definition) is 19. The van der Waals surface area contributed by atoms with Gasteiger partial charge in [0, 0.05) is 80.1 Å². The number of rotatable bonds is 24. The molecule has 2 fully saturated rings. The smallest absolute Gasteiger partial charge is 0.305 e. The fourth-order valence-corrected chi connectivity index (χ4v) is 12.9. The first kappa shape index (κ1) is 78.5. The summed E-state index contributed by atoms with van der Waals surface area (Å²) in [6.45, 7) is 2.47. The van der Waals surface area contributed by atoms with E-state index in [0.717, 1.165) is 21.6 Å². The van der Waals surface area contributed by atoms with Crippen molar-refractivity contribution in [2.45, 2.75) is 133 Å². The van der Waals surface area contributed by atoms with Crippen molar-refractivity contribution in [2.75, 3.05) is 37.8 Å². The number of nitrogens with one attached hydrogen (secondary N) is 10. The summed E-state index contributed by atoms with van der Waals surface area (Å²) in [5.41, 5.74) is 18.4. The Labute approximate surface area is 582 Å². The van der Waals surface area contributed by atoms with Gasteiger partial charge in [0.1, 0.15) is 66.2 Å². The highest BCUT2D eigenvalue weighted by atomic mass is 33.1. The van der Waals surface area contributed by atoms with Crippen LogP contribution in [0.5, 0.6) is 5.75 Å². The number of aromatic hydroxyl groups is 1. The quantitative estimate of drug-likeness (QED) is 0.0151. The Morgan fingerprint density at radius 2 is 1.32 bits per heavy atom. The number of nitrogens with zero attached hydrogens (tertiary/aromatic N) is 4. The number of aliphatic carboxylic acids is 1. The van der Waals surface area contributed by atoms with Crippen molar-refractivity contribution in [3.05, 3.63) is 126 Å². The van der Waals surface area contributed by atoms with E-state index in [9.17, 15) is 67.3 Å². The molecule has 2 saturated heterocycles. The molecule has 0 spiro atoms. The number of carboxylic acid groups (broad SMARTS) is 1. The number of nitrogens with two attached hydrogens (primary N) is 3. The first-order chi connectivity index (χ1) is 47.7. The Kier molecular flexibility index (Phi) is 30.8. The minimum atomic E-state index is -1.95. The molecule has 2 aromatic carbocycles. The van der Waals surface area contributed by atoms with E-state index in [1.54, 1.807) is 42.5 Å². The van der Waals surface area contributed by atoms with Crippen LogP contribution in [-0.2, 0) is 76.8 Å². The molecule has 538 valence electrons. The number of carbonyl (C=O) groups excluding carboxylic acids is 12. The molecule has 18 N–H and O–H groups in total. The predicted molar refractivity (Wildman–Crippen MR) is 365 cm³/mol. The number of carbonyl (C=O) groups is 13. The largest absolute Gasteiger partial charge is 0.508 e. The molecule has 2 aliphatic rings. The average molecular weight is 1430 g/mol. The van der Waals surface area contributed by atoms with Gasteiger partial charge in [-0.05, 0) is 84.7 Å². The summed E-state index contributed by atoms with van der Waals surface area (Å²) in [5.74, 6) is -16.7. The highest BCUT2D eigenvalue weighted by Gasteiger charge is 2.40. The normalized spacial score (nSPS) is 21.3. The van der Waals surface area contributed by atoms with Crippen LogP contribution in [0.15, 0.2) is 109 Å². The molecule has 6 rings (SSSR count). The van der Waals surface area contributed by atoms with E-state index in [-0.39, 0.29) is 68.9 Å². The Morgan fingerprint density at radius 3 is 1.95 bits per heavy atom. The van der Waals surface area contributed by atoms with Gasteiger partial charge in [0.25, 0.3) is 5.91 Å². The van der Waals surface area contributed by atoms with Crippen LogP contribution in [0.1, 0.15) is 79.9 Å². The summed E-state index contributed by atoms with van der Waals surface area (Å²) in [6, 6.07) is 3.58. The van der Waals surface area contributed by atoms with Crippen LogP contribution < -0.4 is 70.4 Å². The van der Waals surface area contributed by atoms with Crippen LogP contribution in [-0.4, -0.2) is 206 Å². The summed E-state index contributed by atoms with van der Waals surface area (Å²) in [6.07, 6.45) is 4.01. The fourth-order valence-electron chi connectivity index (χ4n) is 10.5. The van der Waals surface area contributed by atoms with Gasteiger partial charge in [-0.3, -0.25) is 81.7 Å². The van der Waals surface area contributed by atoms with Crippen LogP contribution in [0.3, 0.4) is 0 Å². The van der Waals surface area contributed by atoms with E-state index in [4.69, 9.17) is 17.2 Å². The molecule has 2 aliphatic heterocycles. The van der Waals surface area contributed by atoms with E-state index in [2.05, 4.69) is 68.1 Å². The van der Waals surface area contributed by atoms with Crippen LogP contribution in [0.4, 0.5) is 4.39 Å². The van der Waals surface area contributed by atoms with Gasteiger partial charge in [-0.1, -0.05) is 84.8 Å². The highest BCUT2D eigenvalue weighted by Crippen LogP contribution is 2.25. The lowest BCUT2D eigenvalue weighted by Gasteiger charge is -2.29. The maximum atomic E-state index is 15.1. The molecular weight excluding hydrogens is 1340 g/mol. The highest BCUT2D eigenvalue weighted by molar-refractivity contribution is 8.76. The second kappa shape index (κ2) is 39.2. The Balaban J connectivity index is 1.45. The van der Waals surface area contributed by atoms with Crippen LogP contribution >= 0.6 is 21.6 Å². The first-order valence-corrected chi connectivity index (χ1v) is 34.5. The van der Waals surface area contributed by atoms with Gasteiger partial charge in [-0.15, -0.1) is 0 Å².